The normalized spacial score (nSPS) is 14.9. The molecule has 130 valence electrons. The molecule has 0 radical (unpaired) electrons. The van der Waals surface area contributed by atoms with Crippen LogP contribution in [0, 0.1) is 0 Å². The van der Waals surface area contributed by atoms with Crippen LogP contribution in [0.2, 0.25) is 0 Å². The number of guanidine groups is 1. The van der Waals surface area contributed by atoms with E-state index in [1.165, 1.54) is 4.90 Å². The minimum atomic E-state index is -0.328. The van der Waals surface area contributed by atoms with E-state index in [1.807, 2.05) is 20.0 Å². The predicted molar refractivity (Wildman–Crippen MR) is 92.4 cm³/mol. The van der Waals surface area contributed by atoms with Gasteiger partial charge in [-0.3, -0.25) is 14.7 Å². The van der Waals surface area contributed by atoms with Crippen LogP contribution in [0.1, 0.15) is 32.6 Å². The third kappa shape index (κ3) is 6.71. The van der Waals surface area contributed by atoms with Crippen LogP contribution in [-0.4, -0.2) is 67.5 Å². The van der Waals surface area contributed by atoms with Gasteiger partial charge in [0.15, 0.2) is 5.96 Å². The van der Waals surface area contributed by atoms with Crippen molar-refractivity contribution in [2.75, 3.05) is 39.8 Å². The molecular formula is C16H29N5O2. The highest BCUT2D eigenvalue weighted by molar-refractivity contribution is 6.01. The second-order valence-electron chi connectivity index (χ2n) is 5.50. The average Bonchev–Trinajstić information content (AvgIpc) is 2.85. The van der Waals surface area contributed by atoms with Gasteiger partial charge < -0.3 is 15.5 Å². The highest BCUT2D eigenvalue weighted by Gasteiger charge is 2.27. The topological polar surface area (TPSA) is 77.0 Å². The van der Waals surface area contributed by atoms with Crippen LogP contribution >= 0.6 is 0 Å². The van der Waals surface area contributed by atoms with E-state index >= 15 is 0 Å². The first-order valence-electron chi connectivity index (χ1n) is 8.28. The molecule has 0 unspecified atom stereocenters. The molecule has 1 aliphatic rings. The highest BCUT2D eigenvalue weighted by atomic mass is 16.2. The lowest BCUT2D eigenvalue weighted by Crippen LogP contribution is -2.40. The van der Waals surface area contributed by atoms with E-state index in [0.717, 1.165) is 44.7 Å². The number of unbranched alkanes of at least 4 members (excludes halogenated alkanes) is 3. The summed E-state index contributed by atoms with van der Waals surface area (Å²) in [6.07, 6.45) is 6.44. The lowest BCUT2D eigenvalue weighted by Gasteiger charge is -2.22. The Morgan fingerprint density at radius 3 is 2.83 bits per heavy atom. The number of nitrogens with one attached hydrogen (secondary N) is 2. The quantitative estimate of drug-likeness (QED) is 0.208. The van der Waals surface area contributed by atoms with Gasteiger partial charge in [0.25, 0.3) is 0 Å². The van der Waals surface area contributed by atoms with Gasteiger partial charge in [0.1, 0.15) is 0 Å². The Morgan fingerprint density at radius 1 is 1.43 bits per heavy atom. The summed E-state index contributed by atoms with van der Waals surface area (Å²) in [5.41, 5.74) is 0. The molecule has 1 aliphatic heterocycles. The van der Waals surface area contributed by atoms with Crippen LogP contribution in [-0.2, 0) is 4.79 Å². The Balaban J connectivity index is 2.40. The van der Waals surface area contributed by atoms with Crippen molar-refractivity contribution in [3.05, 3.63) is 12.7 Å². The van der Waals surface area contributed by atoms with E-state index in [9.17, 15) is 9.59 Å². The zero-order valence-electron chi connectivity index (χ0n) is 14.3. The van der Waals surface area contributed by atoms with Gasteiger partial charge in [0, 0.05) is 20.1 Å². The Labute approximate surface area is 138 Å². The Kier molecular flexibility index (Phi) is 8.79. The van der Waals surface area contributed by atoms with E-state index in [4.69, 9.17) is 0 Å². The standard InChI is InChI=1S/C16H29N5O2/c1-4-6-7-8-9-11-20(3)15(17-5-2)18-10-12-21-14(22)13-19-16(21)23/h4H,1,5-13H2,2-3H3,(H,17,18)(H,19,23). The largest absolute Gasteiger partial charge is 0.357 e. The number of hydrogen-bond donors (Lipinski definition) is 2. The predicted octanol–water partition coefficient (Wildman–Crippen LogP) is 1.18. The molecule has 0 saturated carbocycles. The maximum atomic E-state index is 11.5. The molecule has 0 atom stereocenters. The molecular weight excluding hydrogens is 294 g/mol. The number of imide groups is 1. The molecule has 1 rings (SSSR count). The van der Waals surface area contributed by atoms with Crippen molar-refractivity contribution in [2.45, 2.75) is 32.6 Å². The van der Waals surface area contributed by atoms with Gasteiger partial charge in [0.05, 0.1) is 19.6 Å². The summed E-state index contributed by atoms with van der Waals surface area (Å²) in [6, 6.07) is -0.328. The van der Waals surface area contributed by atoms with Crippen LogP contribution in [0.3, 0.4) is 0 Å². The minimum absolute atomic E-state index is 0.0905. The van der Waals surface area contributed by atoms with Crippen molar-refractivity contribution in [1.82, 2.24) is 20.4 Å². The Hall–Kier alpha value is -2.05. The molecule has 0 aromatic carbocycles. The fourth-order valence-corrected chi connectivity index (χ4v) is 2.33. The second kappa shape index (κ2) is 10.6. The molecule has 1 saturated heterocycles. The molecule has 3 amide bonds. The van der Waals surface area contributed by atoms with Crippen molar-refractivity contribution in [3.63, 3.8) is 0 Å². The number of rotatable bonds is 10. The van der Waals surface area contributed by atoms with Gasteiger partial charge in [-0.25, -0.2) is 4.79 Å². The molecule has 2 N–H and O–H groups in total. The third-order valence-electron chi connectivity index (χ3n) is 3.62. The Morgan fingerprint density at radius 2 is 2.22 bits per heavy atom. The van der Waals surface area contributed by atoms with Gasteiger partial charge in [-0.1, -0.05) is 12.5 Å². The summed E-state index contributed by atoms with van der Waals surface area (Å²) in [7, 11) is 2.00. The van der Waals surface area contributed by atoms with E-state index in [2.05, 4.69) is 27.1 Å². The number of allylic oxidation sites excluding steroid dienone is 1. The number of carbonyl (C=O) groups excluding carboxylic acids is 2. The van der Waals surface area contributed by atoms with Crippen LogP contribution < -0.4 is 10.6 Å². The van der Waals surface area contributed by atoms with Crippen molar-refractivity contribution < 1.29 is 9.59 Å². The van der Waals surface area contributed by atoms with Gasteiger partial charge in [0.2, 0.25) is 5.91 Å². The summed E-state index contributed by atoms with van der Waals surface area (Å²) in [5, 5.41) is 5.74. The fourth-order valence-electron chi connectivity index (χ4n) is 2.33. The van der Waals surface area contributed by atoms with Crippen LogP contribution in [0.4, 0.5) is 4.79 Å². The van der Waals surface area contributed by atoms with Gasteiger partial charge in [-0.05, 0) is 26.2 Å². The molecule has 0 aromatic rings. The number of nitrogens with zero attached hydrogens (tertiary/aromatic N) is 3. The van der Waals surface area contributed by atoms with E-state index in [0.29, 0.717) is 13.1 Å². The lowest BCUT2D eigenvalue weighted by atomic mass is 10.2. The molecule has 7 nitrogen and oxygen atoms in total. The van der Waals surface area contributed by atoms with Crippen LogP contribution in [0.15, 0.2) is 17.6 Å². The number of aliphatic imine (C=N–C) groups is 1. The highest BCUT2D eigenvalue weighted by Crippen LogP contribution is 2.02. The van der Waals surface area contributed by atoms with E-state index in [1.54, 1.807) is 0 Å². The molecule has 0 aliphatic carbocycles. The Bertz CT molecular complexity index is 420. The zero-order chi connectivity index (χ0) is 17.1. The first-order valence-corrected chi connectivity index (χ1v) is 8.28. The van der Waals surface area contributed by atoms with E-state index in [-0.39, 0.29) is 18.5 Å². The van der Waals surface area contributed by atoms with Crippen molar-refractivity contribution in [3.8, 4) is 0 Å². The first kappa shape index (κ1) is 19.0. The number of carbonyl (C=O) groups is 2. The molecule has 0 aromatic heterocycles. The minimum Gasteiger partial charge on any atom is -0.357 e. The summed E-state index contributed by atoms with van der Waals surface area (Å²) in [6.45, 7) is 8.26. The van der Waals surface area contributed by atoms with Crippen molar-refractivity contribution >= 4 is 17.9 Å². The van der Waals surface area contributed by atoms with Crippen LogP contribution in [0.5, 0.6) is 0 Å². The lowest BCUT2D eigenvalue weighted by molar-refractivity contribution is -0.124. The molecule has 7 heteroatoms. The van der Waals surface area contributed by atoms with Crippen LogP contribution in [0.25, 0.3) is 0 Å². The maximum Gasteiger partial charge on any atom is 0.324 e. The first-order chi connectivity index (χ1) is 11.1. The number of amides is 3. The smallest absolute Gasteiger partial charge is 0.324 e. The SMILES string of the molecule is C=CCCCCCN(C)C(=NCCN1C(=O)CNC1=O)NCC. The summed E-state index contributed by atoms with van der Waals surface area (Å²) < 4.78 is 0. The molecule has 0 bridgehead atoms. The average molecular weight is 323 g/mol. The van der Waals surface area contributed by atoms with Gasteiger partial charge in [-0.2, -0.15) is 0 Å². The molecule has 1 fully saturated rings. The summed E-state index contributed by atoms with van der Waals surface area (Å²) in [4.78, 5) is 30.8. The summed E-state index contributed by atoms with van der Waals surface area (Å²) >= 11 is 0. The second-order valence-corrected chi connectivity index (χ2v) is 5.50. The summed E-state index contributed by atoms with van der Waals surface area (Å²) in [5.74, 6) is 0.619. The van der Waals surface area contributed by atoms with Crippen molar-refractivity contribution in [1.29, 1.82) is 0 Å². The number of hydrogen-bond acceptors (Lipinski definition) is 3. The molecule has 0 spiro atoms. The fraction of sp³-hybridized carbons (Fsp3) is 0.688. The zero-order valence-corrected chi connectivity index (χ0v) is 14.3. The maximum absolute atomic E-state index is 11.5. The van der Waals surface area contributed by atoms with Crippen molar-refractivity contribution in [2.24, 2.45) is 4.99 Å². The molecule has 23 heavy (non-hydrogen) atoms. The number of urea groups is 1. The van der Waals surface area contributed by atoms with Gasteiger partial charge >= 0.3 is 6.03 Å². The van der Waals surface area contributed by atoms with E-state index < -0.39 is 0 Å². The molecule has 1 heterocycles. The van der Waals surface area contributed by atoms with Gasteiger partial charge in [-0.15, -0.1) is 6.58 Å². The monoisotopic (exact) mass is 323 g/mol. The third-order valence-corrected chi connectivity index (χ3v) is 3.62.